The standard InChI is InChI=1S/C9H11NO4/c11-9(12)8-7(5-10-14-8)6-1-3-13-4-2-6/h5-6H,1-4H2,(H,11,12). The van der Waals surface area contributed by atoms with Crippen molar-refractivity contribution in [1.29, 1.82) is 0 Å². The first-order valence-corrected chi connectivity index (χ1v) is 4.54. The van der Waals surface area contributed by atoms with Crippen molar-refractivity contribution in [3.05, 3.63) is 17.5 Å². The van der Waals surface area contributed by atoms with E-state index in [9.17, 15) is 4.79 Å². The van der Waals surface area contributed by atoms with Crippen LogP contribution in [0.25, 0.3) is 0 Å². The molecule has 0 aromatic carbocycles. The van der Waals surface area contributed by atoms with Crippen LogP contribution >= 0.6 is 0 Å². The van der Waals surface area contributed by atoms with Crippen LogP contribution in [0.3, 0.4) is 0 Å². The minimum absolute atomic E-state index is 0.0306. The summed E-state index contributed by atoms with van der Waals surface area (Å²) in [7, 11) is 0. The molecule has 5 nitrogen and oxygen atoms in total. The number of aromatic nitrogens is 1. The van der Waals surface area contributed by atoms with Crippen molar-refractivity contribution in [3.63, 3.8) is 0 Å². The Morgan fingerprint density at radius 3 is 2.86 bits per heavy atom. The second kappa shape index (κ2) is 3.79. The fourth-order valence-corrected chi connectivity index (χ4v) is 1.71. The van der Waals surface area contributed by atoms with Gasteiger partial charge in [-0.1, -0.05) is 5.16 Å². The number of carbonyl (C=O) groups is 1. The minimum Gasteiger partial charge on any atom is -0.475 e. The van der Waals surface area contributed by atoms with Crippen LogP contribution in [0.1, 0.15) is 34.9 Å². The molecule has 2 rings (SSSR count). The number of aromatic carboxylic acids is 1. The SMILES string of the molecule is O=C(O)c1oncc1C1CCOCC1. The highest BCUT2D eigenvalue weighted by atomic mass is 16.5. The van der Waals surface area contributed by atoms with E-state index in [-0.39, 0.29) is 11.7 Å². The van der Waals surface area contributed by atoms with E-state index < -0.39 is 5.97 Å². The lowest BCUT2D eigenvalue weighted by Gasteiger charge is -2.20. The summed E-state index contributed by atoms with van der Waals surface area (Å²) in [5.41, 5.74) is 0.695. The monoisotopic (exact) mass is 197 g/mol. The second-order valence-electron chi connectivity index (χ2n) is 3.30. The summed E-state index contributed by atoms with van der Waals surface area (Å²) < 4.78 is 9.89. The largest absolute Gasteiger partial charge is 0.475 e. The van der Waals surface area contributed by atoms with Gasteiger partial charge in [0.05, 0.1) is 6.20 Å². The Hall–Kier alpha value is -1.36. The van der Waals surface area contributed by atoms with Crippen molar-refractivity contribution in [2.75, 3.05) is 13.2 Å². The van der Waals surface area contributed by atoms with E-state index in [0.29, 0.717) is 18.8 Å². The normalized spacial score (nSPS) is 18.3. The maximum absolute atomic E-state index is 10.8. The zero-order chi connectivity index (χ0) is 9.97. The van der Waals surface area contributed by atoms with E-state index in [1.807, 2.05) is 0 Å². The van der Waals surface area contributed by atoms with Gasteiger partial charge in [-0.2, -0.15) is 0 Å². The molecule has 5 heteroatoms. The molecular weight excluding hydrogens is 186 g/mol. The third-order valence-corrected chi connectivity index (χ3v) is 2.45. The molecular formula is C9H11NO4. The lowest BCUT2D eigenvalue weighted by molar-refractivity contribution is 0.0639. The van der Waals surface area contributed by atoms with Gasteiger partial charge in [0.15, 0.2) is 0 Å². The summed E-state index contributed by atoms with van der Waals surface area (Å²) in [6.45, 7) is 1.35. The fraction of sp³-hybridized carbons (Fsp3) is 0.556. The molecule has 1 N–H and O–H groups in total. The number of nitrogens with zero attached hydrogens (tertiary/aromatic N) is 1. The maximum atomic E-state index is 10.8. The molecule has 1 aliphatic heterocycles. The molecule has 1 aromatic heterocycles. The minimum atomic E-state index is -1.05. The summed E-state index contributed by atoms with van der Waals surface area (Å²) in [6, 6.07) is 0. The van der Waals surface area contributed by atoms with Crippen LogP contribution in [-0.2, 0) is 4.74 Å². The number of rotatable bonds is 2. The van der Waals surface area contributed by atoms with Crippen molar-refractivity contribution in [3.8, 4) is 0 Å². The highest BCUT2D eigenvalue weighted by Crippen LogP contribution is 2.29. The third-order valence-electron chi connectivity index (χ3n) is 2.45. The van der Waals surface area contributed by atoms with Crippen molar-refractivity contribution < 1.29 is 19.2 Å². The number of hydrogen-bond acceptors (Lipinski definition) is 4. The molecule has 0 amide bonds. The number of ether oxygens (including phenoxy) is 1. The number of carboxylic acid groups (broad SMARTS) is 1. The Labute approximate surface area is 80.6 Å². The second-order valence-corrected chi connectivity index (χ2v) is 3.30. The van der Waals surface area contributed by atoms with Crippen LogP contribution in [-0.4, -0.2) is 29.4 Å². The average Bonchev–Trinajstić information content (AvgIpc) is 2.67. The van der Waals surface area contributed by atoms with Gasteiger partial charge in [0.1, 0.15) is 0 Å². The first-order valence-electron chi connectivity index (χ1n) is 4.54. The van der Waals surface area contributed by atoms with Gasteiger partial charge >= 0.3 is 5.97 Å². The molecule has 1 aromatic rings. The van der Waals surface area contributed by atoms with Crippen LogP contribution in [0, 0.1) is 0 Å². The first kappa shape index (κ1) is 9.21. The molecule has 0 bridgehead atoms. The predicted octanol–water partition coefficient (Wildman–Crippen LogP) is 1.27. The lowest BCUT2D eigenvalue weighted by atomic mass is 9.92. The Bertz CT molecular complexity index is 327. The van der Waals surface area contributed by atoms with Crippen molar-refractivity contribution in [2.24, 2.45) is 0 Å². The van der Waals surface area contributed by atoms with Crippen molar-refractivity contribution >= 4 is 5.97 Å². The Balaban J connectivity index is 2.21. The van der Waals surface area contributed by atoms with Gasteiger partial charge in [-0.3, -0.25) is 0 Å². The Morgan fingerprint density at radius 1 is 1.50 bits per heavy atom. The van der Waals surface area contributed by atoms with Crippen molar-refractivity contribution in [2.45, 2.75) is 18.8 Å². The molecule has 0 unspecified atom stereocenters. The lowest BCUT2D eigenvalue weighted by Crippen LogP contribution is -2.15. The molecule has 1 aliphatic rings. The average molecular weight is 197 g/mol. The van der Waals surface area contributed by atoms with E-state index in [4.69, 9.17) is 9.84 Å². The van der Waals surface area contributed by atoms with E-state index >= 15 is 0 Å². The third kappa shape index (κ3) is 1.63. The topological polar surface area (TPSA) is 72.6 Å². The maximum Gasteiger partial charge on any atom is 0.375 e. The van der Waals surface area contributed by atoms with Crippen LogP contribution < -0.4 is 0 Å². The number of carboxylic acids is 1. The van der Waals surface area contributed by atoms with Gasteiger partial charge in [-0.25, -0.2) is 4.79 Å². The quantitative estimate of drug-likeness (QED) is 0.772. The molecule has 1 saturated heterocycles. The summed E-state index contributed by atoms with van der Waals surface area (Å²) in [5, 5.41) is 12.3. The van der Waals surface area contributed by atoms with Crippen LogP contribution in [0.4, 0.5) is 0 Å². The highest BCUT2D eigenvalue weighted by Gasteiger charge is 2.25. The van der Waals surface area contributed by atoms with Gasteiger partial charge in [0.2, 0.25) is 5.76 Å². The van der Waals surface area contributed by atoms with E-state index in [0.717, 1.165) is 12.8 Å². The van der Waals surface area contributed by atoms with E-state index in [1.165, 1.54) is 6.20 Å². The summed E-state index contributed by atoms with van der Waals surface area (Å²) in [4.78, 5) is 10.8. The van der Waals surface area contributed by atoms with E-state index in [2.05, 4.69) is 9.68 Å². The first-order chi connectivity index (χ1) is 6.79. The number of hydrogen-bond donors (Lipinski definition) is 1. The van der Waals surface area contributed by atoms with E-state index in [1.54, 1.807) is 0 Å². The van der Waals surface area contributed by atoms with Gasteiger partial charge in [-0.05, 0) is 18.8 Å². The smallest absolute Gasteiger partial charge is 0.375 e. The highest BCUT2D eigenvalue weighted by molar-refractivity contribution is 5.86. The molecule has 0 saturated carbocycles. The molecule has 76 valence electrons. The molecule has 0 atom stereocenters. The van der Waals surface area contributed by atoms with Crippen LogP contribution in [0.2, 0.25) is 0 Å². The molecule has 2 heterocycles. The molecule has 0 aliphatic carbocycles. The molecule has 14 heavy (non-hydrogen) atoms. The van der Waals surface area contributed by atoms with Crippen LogP contribution in [0.15, 0.2) is 10.7 Å². The zero-order valence-corrected chi connectivity index (χ0v) is 7.60. The molecule has 1 fully saturated rings. The van der Waals surface area contributed by atoms with Gasteiger partial charge in [0.25, 0.3) is 0 Å². The summed E-state index contributed by atoms with van der Waals surface area (Å²) in [5.74, 6) is -0.873. The van der Waals surface area contributed by atoms with Gasteiger partial charge < -0.3 is 14.4 Å². The molecule has 0 radical (unpaired) electrons. The van der Waals surface area contributed by atoms with Gasteiger partial charge in [0, 0.05) is 18.8 Å². The Morgan fingerprint density at radius 2 is 2.21 bits per heavy atom. The van der Waals surface area contributed by atoms with Crippen LogP contribution in [0.5, 0.6) is 0 Å². The fourth-order valence-electron chi connectivity index (χ4n) is 1.71. The Kier molecular flexibility index (Phi) is 2.49. The van der Waals surface area contributed by atoms with Crippen molar-refractivity contribution in [1.82, 2.24) is 5.16 Å². The predicted molar refractivity (Wildman–Crippen MR) is 46.3 cm³/mol. The summed E-state index contributed by atoms with van der Waals surface area (Å²) in [6.07, 6.45) is 3.17. The molecule has 0 spiro atoms. The van der Waals surface area contributed by atoms with Gasteiger partial charge in [-0.15, -0.1) is 0 Å². The summed E-state index contributed by atoms with van der Waals surface area (Å²) >= 11 is 0. The zero-order valence-electron chi connectivity index (χ0n) is 7.60.